The number of carbonyl (C=O) groups is 1. The van der Waals surface area contributed by atoms with E-state index in [-0.39, 0.29) is 11.3 Å². The lowest BCUT2D eigenvalue weighted by atomic mass is 9.67. The Balaban J connectivity index is 1.71. The molecule has 5 nitrogen and oxygen atoms in total. The molecular weight excluding hydrogens is 264 g/mol. The summed E-state index contributed by atoms with van der Waals surface area (Å²) in [7, 11) is 1.95. The molecule has 0 bridgehead atoms. The first-order valence-corrected chi connectivity index (χ1v) is 8.03. The van der Waals surface area contributed by atoms with Gasteiger partial charge in [0.1, 0.15) is 0 Å². The van der Waals surface area contributed by atoms with Crippen molar-refractivity contribution in [2.45, 2.75) is 46.1 Å². The molecule has 0 unspecified atom stereocenters. The van der Waals surface area contributed by atoms with E-state index in [0.29, 0.717) is 12.5 Å². The summed E-state index contributed by atoms with van der Waals surface area (Å²) in [6.45, 7) is 6.50. The third kappa shape index (κ3) is 2.37. The smallest absolute Gasteiger partial charge is 0.228 e. The third-order valence-corrected chi connectivity index (χ3v) is 5.57. The first-order chi connectivity index (χ1) is 10.0. The number of hydrogen-bond acceptors (Lipinski definition) is 3. The molecule has 1 aromatic heterocycles. The SMILES string of the molecule is Cc1nn(C)c(C)c1CNC(=O)[C@@]12CCCC[C@H]1CNC2. The number of rotatable bonds is 3. The highest BCUT2D eigenvalue weighted by Gasteiger charge is 2.49. The van der Waals surface area contributed by atoms with Crippen LogP contribution in [0.25, 0.3) is 0 Å². The molecule has 5 heteroatoms. The van der Waals surface area contributed by atoms with Crippen molar-refractivity contribution in [3.05, 3.63) is 17.0 Å². The molecule has 2 heterocycles. The first kappa shape index (κ1) is 14.6. The second kappa shape index (κ2) is 5.44. The quantitative estimate of drug-likeness (QED) is 0.885. The van der Waals surface area contributed by atoms with Crippen LogP contribution < -0.4 is 10.6 Å². The Morgan fingerprint density at radius 1 is 1.48 bits per heavy atom. The lowest BCUT2D eigenvalue weighted by Gasteiger charge is -2.37. The minimum atomic E-state index is -0.164. The van der Waals surface area contributed by atoms with E-state index in [1.54, 1.807) is 0 Å². The van der Waals surface area contributed by atoms with E-state index < -0.39 is 0 Å². The molecule has 116 valence electrons. The average molecular weight is 290 g/mol. The van der Waals surface area contributed by atoms with Gasteiger partial charge in [-0.3, -0.25) is 9.48 Å². The molecule has 0 aromatic carbocycles. The highest BCUT2D eigenvalue weighted by molar-refractivity contribution is 5.84. The second-order valence-corrected chi connectivity index (χ2v) is 6.69. The minimum Gasteiger partial charge on any atom is -0.351 e. The summed E-state index contributed by atoms with van der Waals surface area (Å²) < 4.78 is 1.88. The Bertz CT molecular complexity index is 551. The number of amides is 1. The van der Waals surface area contributed by atoms with Crippen LogP contribution in [0.15, 0.2) is 0 Å². The van der Waals surface area contributed by atoms with Gasteiger partial charge < -0.3 is 10.6 Å². The van der Waals surface area contributed by atoms with Gasteiger partial charge in [0.25, 0.3) is 0 Å². The van der Waals surface area contributed by atoms with Crippen LogP contribution in [0.4, 0.5) is 0 Å². The monoisotopic (exact) mass is 290 g/mol. The maximum absolute atomic E-state index is 12.8. The van der Waals surface area contributed by atoms with Crippen LogP contribution in [-0.2, 0) is 18.4 Å². The Morgan fingerprint density at radius 3 is 3.00 bits per heavy atom. The van der Waals surface area contributed by atoms with Gasteiger partial charge in [-0.1, -0.05) is 12.8 Å². The van der Waals surface area contributed by atoms with Gasteiger partial charge in [0.15, 0.2) is 0 Å². The lowest BCUT2D eigenvalue weighted by molar-refractivity contribution is -0.134. The van der Waals surface area contributed by atoms with Gasteiger partial charge in [0.2, 0.25) is 5.91 Å². The van der Waals surface area contributed by atoms with E-state index in [1.807, 2.05) is 18.7 Å². The van der Waals surface area contributed by atoms with Gasteiger partial charge >= 0.3 is 0 Å². The van der Waals surface area contributed by atoms with E-state index in [2.05, 4.69) is 22.7 Å². The van der Waals surface area contributed by atoms with Gasteiger partial charge in [-0.25, -0.2) is 0 Å². The van der Waals surface area contributed by atoms with E-state index in [1.165, 1.54) is 19.3 Å². The van der Waals surface area contributed by atoms with Crippen molar-refractivity contribution < 1.29 is 4.79 Å². The zero-order valence-corrected chi connectivity index (χ0v) is 13.3. The van der Waals surface area contributed by atoms with E-state index in [9.17, 15) is 4.79 Å². The number of hydrogen-bond donors (Lipinski definition) is 2. The number of aryl methyl sites for hydroxylation is 2. The first-order valence-electron chi connectivity index (χ1n) is 8.03. The van der Waals surface area contributed by atoms with Crippen LogP contribution in [0.1, 0.15) is 42.6 Å². The van der Waals surface area contributed by atoms with Crippen LogP contribution in [0.5, 0.6) is 0 Å². The molecule has 0 spiro atoms. The standard InChI is InChI=1S/C16H26N4O/c1-11-14(12(2)20(3)19-11)9-18-15(21)16-7-5-4-6-13(16)8-17-10-16/h13,17H,4-10H2,1-3H3,(H,18,21)/t13-,16+/m0/s1. The third-order valence-electron chi connectivity index (χ3n) is 5.57. The minimum absolute atomic E-state index is 0.164. The molecule has 1 aliphatic carbocycles. The molecule has 1 aliphatic heterocycles. The maximum atomic E-state index is 12.8. The van der Waals surface area contributed by atoms with E-state index >= 15 is 0 Å². The van der Waals surface area contributed by atoms with Crippen LogP contribution in [0, 0.1) is 25.2 Å². The van der Waals surface area contributed by atoms with Crippen LogP contribution in [0.3, 0.4) is 0 Å². The molecular formula is C16H26N4O. The second-order valence-electron chi connectivity index (χ2n) is 6.69. The van der Waals surface area contributed by atoms with Crippen molar-refractivity contribution in [3.63, 3.8) is 0 Å². The Hall–Kier alpha value is -1.36. The number of nitrogens with zero attached hydrogens (tertiary/aromatic N) is 2. The summed E-state index contributed by atoms with van der Waals surface area (Å²) in [5, 5.41) is 11.0. The molecule has 1 saturated carbocycles. The topological polar surface area (TPSA) is 59.0 Å². The molecule has 2 fully saturated rings. The zero-order valence-electron chi connectivity index (χ0n) is 13.3. The molecule has 1 aromatic rings. The van der Waals surface area contributed by atoms with Gasteiger partial charge in [-0.15, -0.1) is 0 Å². The summed E-state index contributed by atoms with van der Waals surface area (Å²) in [5.74, 6) is 0.752. The Labute approximate surface area is 126 Å². The molecule has 21 heavy (non-hydrogen) atoms. The fraction of sp³-hybridized carbons (Fsp3) is 0.750. The van der Waals surface area contributed by atoms with Gasteiger partial charge in [-0.05, 0) is 39.2 Å². The summed E-state index contributed by atoms with van der Waals surface area (Å²) >= 11 is 0. The van der Waals surface area contributed by atoms with Crippen LogP contribution in [-0.4, -0.2) is 28.8 Å². The Kier molecular flexibility index (Phi) is 3.78. The molecule has 3 rings (SSSR count). The molecule has 1 saturated heterocycles. The van der Waals surface area contributed by atoms with Gasteiger partial charge in [-0.2, -0.15) is 5.10 Å². The lowest BCUT2D eigenvalue weighted by Crippen LogP contribution is -2.47. The summed E-state index contributed by atoms with van der Waals surface area (Å²) in [6.07, 6.45) is 4.66. The van der Waals surface area contributed by atoms with Gasteiger partial charge in [0.05, 0.1) is 11.1 Å². The summed E-state index contributed by atoms with van der Waals surface area (Å²) in [4.78, 5) is 12.8. The summed E-state index contributed by atoms with van der Waals surface area (Å²) in [6, 6.07) is 0. The van der Waals surface area contributed by atoms with Crippen molar-refractivity contribution >= 4 is 5.91 Å². The van der Waals surface area contributed by atoms with Crippen molar-refractivity contribution in [3.8, 4) is 0 Å². The fourth-order valence-corrected chi connectivity index (χ4v) is 4.11. The number of nitrogens with one attached hydrogen (secondary N) is 2. The van der Waals surface area contributed by atoms with Gasteiger partial charge in [0, 0.05) is 31.4 Å². The predicted octanol–water partition coefficient (Wildman–Crippen LogP) is 1.43. The van der Waals surface area contributed by atoms with Crippen molar-refractivity contribution in [1.29, 1.82) is 0 Å². The predicted molar refractivity (Wildman–Crippen MR) is 81.8 cm³/mol. The molecule has 0 radical (unpaired) electrons. The average Bonchev–Trinajstić information content (AvgIpc) is 3.00. The number of aromatic nitrogens is 2. The van der Waals surface area contributed by atoms with E-state index in [0.717, 1.165) is 36.5 Å². The normalized spacial score (nSPS) is 28.4. The largest absolute Gasteiger partial charge is 0.351 e. The summed E-state index contributed by atoms with van der Waals surface area (Å²) in [5.41, 5.74) is 3.13. The number of fused-ring (bicyclic) bond motifs is 1. The Morgan fingerprint density at radius 2 is 2.29 bits per heavy atom. The van der Waals surface area contributed by atoms with Crippen molar-refractivity contribution in [2.24, 2.45) is 18.4 Å². The maximum Gasteiger partial charge on any atom is 0.228 e. The van der Waals surface area contributed by atoms with E-state index in [4.69, 9.17) is 0 Å². The zero-order chi connectivity index (χ0) is 15.0. The number of carbonyl (C=O) groups excluding carboxylic acids is 1. The van der Waals surface area contributed by atoms with Crippen LogP contribution in [0.2, 0.25) is 0 Å². The highest BCUT2D eigenvalue weighted by atomic mass is 16.2. The van der Waals surface area contributed by atoms with Crippen molar-refractivity contribution in [1.82, 2.24) is 20.4 Å². The molecule has 2 atom stereocenters. The highest BCUT2D eigenvalue weighted by Crippen LogP contribution is 2.43. The van der Waals surface area contributed by atoms with Crippen molar-refractivity contribution in [2.75, 3.05) is 13.1 Å². The molecule has 1 amide bonds. The molecule has 2 N–H and O–H groups in total. The fourth-order valence-electron chi connectivity index (χ4n) is 4.11. The molecule has 2 aliphatic rings. The van der Waals surface area contributed by atoms with Crippen LogP contribution >= 0.6 is 0 Å².